The standard InChI is InChI=1S/C20H20N2O2/c1-11-7-17(13(3)15(5)19(11)23-9-21)18-8-12(2)20(24-10-22)16(6)14(18)4/h7-8H,1-6H3. The molecule has 24 heavy (non-hydrogen) atoms. The Labute approximate surface area is 142 Å². The molecule has 0 unspecified atom stereocenters. The van der Waals surface area contributed by atoms with Crippen molar-refractivity contribution in [2.75, 3.05) is 0 Å². The average molecular weight is 320 g/mol. The highest BCUT2D eigenvalue weighted by Gasteiger charge is 2.18. The van der Waals surface area contributed by atoms with Gasteiger partial charge in [0.1, 0.15) is 11.5 Å². The Morgan fingerprint density at radius 3 is 1.25 bits per heavy atom. The molecule has 0 fully saturated rings. The van der Waals surface area contributed by atoms with Crippen LogP contribution < -0.4 is 9.47 Å². The molecule has 0 aliphatic rings. The van der Waals surface area contributed by atoms with Crippen molar-refractivity contribution < 1.29 is 9.47 Å². The van der Waals surface area contributed by atoms with E-state index in [1.54, 1.807) is 12.5 Å². The number of aryl methyl sites for hydroxylation is 2. The van der Waals surface area contributed by atoms with Crippen LogP contribution in [0.4, 0.5) is 0 Å². The van der Waals surface area contributed by atoms with E-state index in [2.05, 4.69) is 0 Å². The zero-order valence-electron chi connectivity index (χ0n) is 14.9. The second kappa shape index (κ2) is 6.64. The van der Waals surface area contributed by atoms with Crippen molar-refractivity contribution in [3.05, 3.63) is 45.5 Å². The predicted octanol–water partition coefficient (Wildman–Crippen LogP) is 4.92. The van der Waals surface area contributed by atoms with Crippen LogP contribution in [0.5, 0.6) is 11.5 Å². The maximum atomic E-state index is 8.83. The molecule has 0 saturated carbocycles. The summed E-state index contributed by atoms with van der Waals surface area (Å²) in [6.45, 7) is 11.8. The topological polar surface area (TPSA) is 66.0 Å². The molecule has 0 spiro atoms. The number of hydrogen-bond acceptors (Lipinski definition) is 4. The molecule has 2 aromatic rings. The van der Waals surface area contributed by atoms with Crippen molar-refractivity contribution in [3.8, 4) is 35.1 Å². The molecule has 0 N–H and O–H groups in total. The lowest BCUT2D eigenvalue weighted by atomic mass is 9.88. The van der Waals surface area contributed by atoms with Gasteiger partial charge in [-0.1, -0.05) is 0 Å². The van der Waals surface area contributed by atoms with E-state index in [1.807, 2.05) is 53.7 Å². The van der Waals surface area contributed by atoms with E-state index >= 15 is 0 Å². The first kappa shape index (κ1) is 17.4. The van der Waals surface area contributed by atoms with Crippen LogP contribution in [0.2, 0.25) is 0 Å². The van der Waals surface area contributed by atoms with Gasteiger partial charge in [0.25, 0.3) is 12.5 Å². The Morgan fingerprint density at radius 2 is 0.958 bits per heavy atom. The lowest BCUT2D eigenvalue weighted by Crippen LogP contribution is -2.00. The van der Waals surface area contributed by atoms with Crippen molar-refractivity contribution in [2.24, 2.45) is 0 Å². The minimum Gasteiger partial charge on any atom is -0.387 e. The molecule has 0 aromatic heterocycles. The Morgan fingerprint density at radius 1 is 0.625 bits per heavy atom. The molecular formula is C20H20N2O2. The van der Waals surface area contributed by atoms with E-state index in [0.29, 0.717) is 11.5 Å². The summed E-state index contributed by atoms with van der Waals surface area (Å²) in [4.78, 5) is 0. The lowest BCUT2D eigenvalue weighted by Gasteiger charge is -2.19. The SMILES string of the molecule is Cc1cc(-c2cc(C)c(OC#N)c(C)c2C)c(C)c(C)c1OC#N. The first-order valence-corrected chi connectivity index (χ1v) is 7.67. The Kier molecular flexibility index (Phi) is 4.81. The van der Waals surface area contributed by atoms with Crippen molar-refractivity contribution in [1.29, 1.82) is 10.5 Å². The van der Waals surface area contributed by atoms with Gasteiger partial charge in [0, 0.05) is 0 Å². The molecule has 4 heteroatoms. The van der Waals surface area contributed by atoms with Gasteiger partial charge in [-0.25, -0.2) is 0 Å². The summed E-state index contributed by atoms with van der Waals surface area (Å²) in [6.07, 6.45) is 3.51. The monoisotopic (exact) mass is 320 g/mol. The van der Waals surface area contributed by atoms with E-state index in [4.69, 9.17) is 20.0 Å². The van der Waals surface area contributed by atoms with Crippen LogP contribution in [-0.4, -0.2) is 0 Å². The summed E-state index contributed by atoms with van der Waals surface area (Å²) >= 11 is 0. The summed E-state index contributed by atoms with van der Waals surface area (Å²) in [5.41, 5.74) is 8.09. The number of ether oxygens (including phenoxy) is 2. The number of rotatable bonds is 3. The summed E-state index contributed by atoms with van der Waals surface area (Å²) in [7, 11) is 0. The first-order valence-electron chi connectivity index (χ1n) is 7.67. The Bertz CT molecular complexity index is 824. The fraction of sp³-hybridized carbons (Fsp3) is 0.300. The summed E-state index contributed by atoms with van der Waals surface area (Å²) in [5.74, 6) is 1.24. The van der Waals surface area contributed by atoms with Crippen LogP contribution in [0.15, 0.2) is 12.1 Å². The van der Waals surface area contributed by atoms with E-state index in [1.165, 1.54) is 0 Å². The second-order valence-corrected chi connectivity index (χ2v) is 6.03. The average Bonchev–Trinajstić information content (AvgIpc) is 2.55. The zero-order chi connectivity index (χ0) is 18.0. The highest BCUT2D eigenvalue weighted by Crippen LogP contribution is 2.39. The normalized spacial score (nSPS) is 10.0. The number of hydrogen-bond donors (Lipinski definition) is 0. The van der Waals surface area contributed by atoms with E-state index in [0.717, 1.165) is 44.5 Å². The molecule has 2 rings (SSSR count). The molecule has 2 aromatic carbocycles. The molecule has 0 atom stereocenters. The molecule has 0 amide bonds. The van der Waals surface area contributed by atoms with E-state index in [-0.39, 0.29) is 0 Å². The van der Waals surface area contributed by atoms with Gasteiger partial charge < -0.3 is 9.47 Å². The number of nitrogens with zero attached hydrogens (tertiary/aromatic N) is 2. The molecule has 0 heterocycles. The lowest BCUT2D eigenvalue weighted by molar-refractivity contribution is 0.498. The highest BCUT2D eigenvalue weighted by molar-refractivity contribution is 5.77. The number of nitriles is 2. The molecule has 0 bridgehead atoms. The molecule has 4 nitrogen and oxygen atoms in total. The summed E-state index contributed by atoms with van der Waals surface area (Å²) in [5, 5.41) is 17.7. The van der Waals surface area contributed by atoms with Crippen LogP contribution in [0.25, 0.3) is 11.1 Å². The van der Waals surface area contributed by atoms with Gasteiger partial charge in [0.05, 0.1) is 0 Å². The third-order valence-corrected chi connectivity index (χ3v) is 4.64. The maximum Gasteiger partial charge on any atom is 0.292 e. The second-order valence-electron chi connectivity index (χ2n) is 6.03. The minimum atomic E-state index is 0.620. The molecular weight excluding hydrogens is 300 g/mol. The summed E-state index contributed by atoms with van der Waals surface area (Å²) < 4.78 is 10.2. The fourth-order valence-corrected chi connectivity index (χ4v) is 3.08. The van der Waals surface area contributed by atoms with Crippen molar-refractivity contribution >= 4 is 0 Å². The van der Waals surface area contributed by atoms with Gasteiger partial charge in [0.15, 0.2) is 0 Å². The van der Waals surface area contributed by atoms with Gasteiger partial charge in [-0.05, 0) is 98.2 Å². The van der Waals surface area contributed by atoms with Gasteiger partial charge in [-0.15, -0.1) is 10.5 Å². The molecule has 0 radical (unpaired) electrons. The summed E-state index contributed by atoms with van der Waals surface area (Å²) in [6, 6.07) is 4.09. The van der Waals surface area contributed by atoms with Crippen LogP contribution >= 0.6 is 0 Å². The van der Waals surface area contributed by atoms with Crippen LogP contribution in [0, 0.1) is 64.6 Å². The largest absolute Gasteiger partial charge is 0.387 e. The van der Waals surface area contributed by atoms with Gasteiger partial charge in [-0.2, -0.15) is 0 Å². The Hall–Kier alpha value is -2.98. The van der Waals surface area contributed by atoms with Crippen LogP contribution in [-0.2, 0) is 0 Å². The van der Waals surface area contributed by atoms with Crippen LogP contribution in [0.1, 0.15) is 33.4 Å². The maximum absolute atomic E-state index is 8.83. The smallest absolute Gasteiger partial charge is 0.292 e. The van der Waals surface area contributed by atoms with E-state index in [9.17, 15) is 0 Å². The first-order chi connectivity index (χ1) is 11.3. The van der Waals surface area contributed by atoms with Crippen molar-refractivity contribution in [2.45, 2.75) is 41.5 Å². The number of benzene rings is 2. The Balaban J connectivity index is 2.75. The van der Waals surface area contributed by atoms with Gasteiger partial charge in [-0.3, -0.25) is 0 Å². The zero-order valence-corrected chi connectivity index (χ0v) is 14.9. The minimum absolute atomic E-state index is 0.620. The van der Waals surface area contributed by atoms with Gasteiger partial charge >= 0.3 is 0 Å². The highest BCUT2D eigenvalue weighted by atomic mass is 16.5. The van der Waals surface area contributed by atoms with Crippen molar-refractivity contribution in [1.82, 2.24) is 0 Å². The van der Waals surface area contributed by atoms with Crippen LogP contribution in [0.3, 0.4) is 0 Å². The molecule has 0 aliphatic heterocycles. The molecule has 122 valence electrons. The van der Waals surface area contributed by atoms with E-state index < -0.39 is 0 Å². The van der Waals surface area contributed by atoms with Crippen molar-refractivity contribution in [3.63, 3.8) is 0 Å². The van der Waals surface area contributed by atoms with Gasteiger partial charge in [0.2, 0.25) is 0 Å². The molecule has 0 aliphatic carbocycles. The quantitative estimate of drug-likeness (QED) is 0.752. The fourth-order valence-electron chi connectivity index (χ4n) is 3.08. The third kappa shape index (κ3) is 2.79. The molecule has 0 saturated heterocycles. The predicted molar refractivity (Wildman–Crippen MR) is 92.8 cm³/mol. The third-order valence-electron chi connectivity index (χ3n) is 4.64.